The first-order chi connectivity index (χ1) is 16.9. The number of benzene rings is 2. The molecule has 3 N–H and O–H groups in total. The number of hydrogen-bond acceptors (Lipinski definition) is 7. The number of hydrogen-bond donors (Lipinski definition) is 3. The summed E-state index contributed by atoms with van der Waals surface area (Å²) < 4.78 is 44.8. The van der Waals surface area contributed by atoms with Crippen LogP contribution in [0.15, 0.2) is 29.4 Å². The van der Waals surface area contributed by atoms with E-state index in [9.17, 15) is 13.6 Å². The lowest BCUT2D eigenvalue weighted by atomic mass is 10.1. The number of aliphatic hydroxyl groups is 1. The van der Waals surface area contributed by atoms with Gasteiger partial charge in [-0.15, -0.1) is 0 Å². The summed E-state index contributed by atoms with van der Waals surface area (Å²) in [4.78, 5) is 24.8. The normalized spacial score (nSPS) is 14.3. The molecule has 1 aliphatic heterocycles. The first kappa shape index (κ1) is 27.2. The average molecular weight is 606 g/mol. The molecule has 8 nitrogen and oxygen atoms in total. The van der Waals surface area contributed by atoms with E-state index in [1.807, 2.05) is 28.1 Å². The lowest BCUT2D eigenvalue weighted by molar-refractivity contribution is 0.0168. The SMILES string of the molecule is O=C(NOCCO)c1cc(C=NOCCN2CCCCC2)c(F)c(F)c1Nc1ccc(I)cc1F. The number of amides is 1. The summed E-state index contributed by atoms with van der Waals surface area (Å²) in [7, 11) is 0. The second-order valence-corrected chi connectivity index (χ2v) is 8.98. The van der Waals surface area contributed by atoms with Crippen LogP contribution in [0.4, 0.5) is 24.5 Å². The van der Waals surface area contributed by atoms with Gasteiger partial charge in [-0.1, -0.05) is 11.6 Å². The van der Waals surface area contributed by atoms with Gasteiger partial charge in [0.15, 0.2) is 11.6 Å². The third-order valence-electron chi connectivity index (χ3n) is 5.24. The highest BCUT2D eigenvalue weighted by molar-refractivity contribution is 14.1. The molecule has 1 aliphatic rings. The summed E-state index contributed by atoms with van der Waals surface area (Å²) in [6, 6.07) is 5.14. The fourth-order valence-electron chi connectivity index (χ4n) is 3.48. The molecule has 0 atom stereocenters. The minimum atomic E-state index is -1.41. The van der Waals surface area contributed by atoms with E-state index in [1.54, 1.807) is 6.07 Å². The quantitative estimate of drug-likeness (QED) is 0.155. The maximum atomic E-state index is 15.1. The van der Waals surface area contributed by atoms with Crippen LogP contribution in [-0.4, -0.2) is 61.6 Å². The molecule has 0 bridgehead atoms. The zero-order valence-electron chi connectivity index (χ0n) is 18.8. The minimum Gasteiger partial charge on any atom is -0.394 e. The van der Waals surface area contributed by atoms with Gasteiger partial charge in [-0.25, -0.2) is 18.7 Å². The van der Waals surface area contributed by atoms with Crippen LogP contribution < -0.4 is 10.8 Å². The maximum Gasteiger partial charge on any atom is 0.277 e. The molecule has 0 saturated carbocycles. The second-order valence-electron chi connectivity index (χ2n) is 7.74. The number of likely N-dealkylation sites (tertiary alicyclic amines) is 1. The van der Waals surface area contributed by atoms with Crippen molar-refractivity contribution in [2.45, 2.75) is 19.3 Å². The number of oxime groups is 1. The molecule has 1 amide bonds. The van der Waals surface area contributed by atoms with Gasteiger partial charge >= 0.3 is 0 Å². The second kappa shape index (κ2) is 13.6. The Morgan fingerprint density at radius 2 is 1.91 bits per heavy atom. The molecule has 1 heterocycles. The van der Waals surface area contributed by atoms with Crippen molar-refractivity contribution in [1.29, 1.82) is 0 Å². The monoisotopic (exact) mass is 606 g/mol. The minimum absolute atomic E-state index is 0.156. The largest absolute Gasteiger partial charge is 0.394 e. The molecule has 0 radical (unpaired) electrons. The van der Waals surface area contributed by atoms with E-state index in [0.717, 1.165) is 38.2 Å². The van der Waals surface area contributed by atoms with Crippen molar-refractivity contribution in [3.8, 4) is 0 Å². The summed E-state index contributed by atoms with van der Waals surface area (Å²) in [5, 5.41) is 15.0. The van der Waals surface area contributed by atoms with Crippen molar-refractivity contribution in [3.63, 3.8) is 0 Å². The highest BCUT2D eigenvalue weighted by Gasteiger charge is 2.23. The van der Waals surface area contributed by atoms with Crippen molar-refractivity contribution in [2.24, 2.45) is 5.16 Å². The Bertz CT molecular complexity index is 1050. The highest BCUT2D eigenvalue weighted by atomic mass is 127. The Kier molecular flexibility index (Phi) is 10.6. The van der Waals surface area contributed by atoms with Crippen LogP contribution in [0.2, 0.25) is 0 Å². The lowest BCUT2D eigenvalue weighted by Crippen LogP contribution is -2.32. The molecule has 2 aromatic rings. The van der Waals surface area contributed by atoms with E-state index in [4.69, 9.17) is 14.8 Å². The van der Waals surface area contributed by atoms with Crippen LogP contribution in [0.1, 0.15) is 35.2 Å². The van der Waals surface area contributed by atoms with E-state index in [1.165, 1.54) is 18.6 Å². The number of nitrogens with one attached hydrogen (secondary N) is 2. The lowest BCUT2D eigenvalue weighted by Gasteiger charge is -2.25. The van der Waals surface area contributed by atoms with E-state index < -0.39 is 29.0 Å². The van der Waals surface area contributed by atoms with E-state index >= 15 is 4.39 Å². The first-order valence-electron chi connectivity index (χ1n) is 11.1. The van der Waals surface area contributed by atoms with Gasteiger partial charge in [0.2, 0.25) is 0 Å². The molecule has 2 aromatic carbocycles. The van der Waals surface area contributed by atoms with Gasteiger partial charge in [0.05, 0.1) is 36.4 Å². The molecule has 0 aromatic heterocycles. The van der Waals surface area contributed by atoms with E-state index in [-0.39, 0.29) is 36.6 Å². The molecular formula is C23H26F3IN4O4. The topological polar surface area (TPSA) is 95.4 Å². The number of rotatable bonds is 11. The Labute approximate surface area is 214 Å². The summed E-state index contributed by atoms with van der Waals surface area (Å²) in [5.74, 6) is -4.36. The van der Waals surface area contributed by atoms with Gasteiger partial charge in [0.25, 0.3) is 5.91 Å². The first-order valence-corrected chi connectivity index (χ1v) is 12.1. The summed E-state index contributed by atoms with van der Waals surface area (Å²) in [5.41, 5.74) is 0.577. The number of nitrogens with zero attached hydrogens (tertiary/aromatic N) is 2. The van der Waals surface area contributed by atoms with Crippen molar-refractivity contribution in [2.75, 3.05) is 44.8 Å². The molecule has 3 rings (SSSR count). The Balaban J connectivity index is 1.81. The number of piperidine rings is 1. The molecule has 1 saturated heterocycles. The Morgan fingerprint density at radius 1 is 1.14 bits per heavy atom. The summed E-state index contributed by atoms with van der Waals surface area (Å²) >= 11 is 1.90. The Hall–Kier alpha value is -2.42. The van der Waals surface area contributed by atoms with Gasteiger partial charge in [-0.3, -0.25) is 14.5 Å². The summed E-state index contributed by atoms with van der Waals surface area (Å²) in [6.07, 6.45) is 4.44. The smallest absolute Gasteiger partial charge is 0.277 e. The van der Waals surface area contributed by atoms with Crippen molar-refractivity contribution in [1.82, 2.24) is 10.4 Å². The molecule has 0 unspecified atom stereocenters. The molecule has 0 aliphatic carbocycles. The van der Waals surface area contributed by atoms with Crippen LogP contribution in [0.3, 0.4) is 0 Å². The molecule has 0 spiro atoms. The van der Waals surface area contributed by atoms with Gasteiger partial charge < -0.3 is 15.3 Å². The van der Waals surface area contributed by atoms with E-state index in [2.05, 4.69) is 15.4 Å². The molecule has 35 heavy (non-hydrogen) atoms. The molecule has 1 fully saturated rings. The third-order valence-corrected chi connectivity index (χ3v) is 5.91. The van der Waals surface area contributed by atoms with Crippen LogP contribution in [0, 0.1) is 21.0 Å². The van der Waals surface area contributed by atoms with Crippen LogP contribution >= 0.6 is 22.6 Å². The number of aliphatic hydroxyl groups excluding tert-OH is 1. The van der Waals surface area contributed by atoms with E-state index in [0.29, 0.717) is 10.1 Å². The van der Waals surface area contributed by atoms with Crippen molar-refractivity contribution in [3.05, 3.63) is 56.4 Å². The van der Waals surface area contributed by atoms with Gasteiger partial charge in [0.1, 0.15) is 12.4 Å². The number of carbonyl (C=O) groups excluding carboxylic acids is 1. The predicted octanol–water partition coefficient (Wildman–Crippen LogP) is 3.94. The fourth-order valence-corrected chi connectivity index (χ4v) is 3.94. The number of carbonyl (C=O) groups is 1. The summed E-state index contributed by atoms with van der Waals surface area (Å²) in [6.45, 7) is 2.31. The third kappa shape index (κ3) is 7.78. The van der Waals surface area contributed by atoms with Gasteiger partial charge in [0, 0.05) is 15.7 Å². The number of anilines is 2. The van der Waals surface area contributed by atoms with Gasteiger partial charge in [-0.05, 0) is 72.8 Å². The highest BCUT2D eigenvalue weighted by Crippen LogP contribution is 2.30. The standard InChI is InChI=1S/C23H26F3IN4O4/c24-18-13-16(27)4-5-19(18)29-22-17(23(33)30-35-11-9-32)12-15(20(25)21(22)26)14-28-34-10-8-31-6-2-1-3-7-31/h4-5,12-14,29,32H,1-3,6-11H2,(H,30,33). The fraction of sp³-hybridized carbons (Fsp3) is 0.391. The zero-order chi connectivity index (χ0) is 25.2. The number of halogens is 4. The van der Waals surface area contributed by atoms with Crippen molar-refractivity contribution < 1.29 is 32.7 Å². The maximum absolute atomic E-state index is 15.1. The molecule has 12 heteroatoms. The van der Waals surface area contributed by atoms with Crippen molar-refractivity contribution >= 4 is 46.1 Å². The average Bonchev–Trinajstić information content (AvgIpc) is 2.85. The molecule has 190 valence electrons. The van der Waals surface area contributed by atoms with Crippen LogP contribution in [0.25, 0.3) is 0 Å². The molecular weight excluding hydrogens is 580 g/mol. The number of hydroxylamine groups is 1. The van der Waals surface area contributed by atoms with Gasteiger partial charge in [-0.2, -0.15) is 0 Å². The van der Waals surface area contributed by atoms with Crippen LogP contribution in [0.5, 0.6) is 0 Å². The van der Waals surface area contributed by atoms with Crippen LogP contribution in [-0.2, 0) is 9.68 Å². The zero-order valence-corrected chi connectivity index (χ0v) is 21.0. The Morgan fingerprint density at radius 3 is 2.63 bits per heavy atom. The predicted molar refractivity (Wildman–Crippen MR) is 133 cm³/mol.